The molecule has 0 fully saturated rings. The molecule has 0 radical (unpaired) electrons. The molecule has 3 rings (SSSR count). The summed E-state index contributed by atoms with van der Waals surface area (Å²) in [6.45, 7) is 2.08. The van der Waals surface area contributed by atoms with Crippen LogP contribution in [0, 0.1) is 6.92 Å². The summed E-state index contributed by atoms with van der Waals surface area (Å²) in [7, 11) is 0. The van der Waals surface area contributed by atoms with Gasteiger partial charge in [0.1, 0.15) is 11.6 Å². The van der Waals surface area contributed by atoms with Gasteiger partial charge < -0.3 is 8.82 Å². The second-order valence-corrected chi connectivity index (χ2v) is 3.86. The summed E-state index contributed by atoms with van der Waals surface area (Å²) in [6, 6.07) is 10.1. The molecule has 0 aliphatic carbocycles. The molecule has 0 aliphatic heterocycles. The first-order valence-corrected chi connectivity index (χ1v) is 5.29. The zero-order chi connectivity index (χ0) is 11.0. The highest BCUT2D eigenvalue weighted by molar-refractivity contribution is 5.47. The van der Waals surface area contributed by atoms with Gasteiger partial charge >= 0.3 is 0 Å². The highest BCUT2D eigenvalue weighted by atomic mass is 16.3. The average molecular weight is 212 g/mol. The Kier molecular flexibility index (Phi) is 2.03. The van der Waals surface area contributed by atoms with Gasteiger partial charge in [0.05, 0.1) is 24.4 Å². The van der Waals surface area contributed by atoms with Crippen molar-refractivity contribution in [2.24, 2.45) is 0 Å². The van der Waals surface area contributed by atoms with E-state index in [2.05, 4.69) is 28.4 Å². The van der Waals surface area contributed by atoms with Crippen LogP contribution < -0.4 is 0 Å². The number of rotatable bonds is 2. The van der Waals surface area contributed by atoms with Crippen LogP contribution in [0.15, 0.2) is 47.2 Å². The van der Waals surface area contributed by atoms with E-state index in [-0.39, 0.29) is 0 Å². The van der Waals surface area contributed by atoms with Crippen LogP contribution in [0.2, 0.25) is 0 Å². The van der Waals surface area contributed by atoms with E-state index in [1.807, 2.05) is 24.4 Å². The maximum Gasteiger partial charge on any atom is 0.121 e. The van der Waals surface area contributed by atoms with Gasteiger partial charge in [-0.2, -0.15) is 0 Å². The fourth-order valence-electron chi connectivity index (χ4n) is 1.98. The van der Waals surface area contributed by atoms with Crippen molar-refractivity contribution in [1.29, 1.82) is 0 Å². The molecular weight excluding hydrogens is 200 g/mol. The van der Waals surface area contributed by atoms with Crippen LogP contribution in [0.1, 0.15) is 17.3 Å². The van der Waals surface area contributed by atoms with E-state index in [1.54, 1.807) is 6.26 Å². The van der Waals surface area contributed by atoms with Gasteiger partial charge in [0.25, 0.3) is 0 Å². The van der Waals surface area contributed by atoms with E-state index in [0.29, 0.717) is 0 Å². The third-order valence-corrected chi connectivity index (χ3v) is 2.73. The van der Waals surface area contributed by atoms with Crippen LogP contribution in [0.25, 0.3) is 5.52 Å². The first kappa shape index (κ1) is 9.21. The van der Waals surface area contributed by atoms with Crippen molar-refractivity contribution in [3.05, 3.63) is 60.1 Å². The van der Waals surface area contributed by atoms with E-state index in [1.165, 1.54) is 5.69 Å². The van der Waals surface area contributed by atoms with E-state index >= 15 is 0 Å². The Balaban J connectivity index is 2.10. The smallest absolute Gasteiger partial charge is 0.121 e. The summed E-state index contributed by atoms with van der Waals surface area (Å²) in [6.07, 6.45) is 4.31. The van der Waals surface area contributed by atoms with Crippen molar-refractivity contribution in [3.8, 4) is 0 Å². The number of hydrogen-bond donors (Lipinski definition) is 0. The lowest BCUT2D eigenvalue weighted by Gasteiger charge is -2.03. The predicted molar refractivity (Wildman–Crippen MR) is 61.4 cm³/mol. The quantitative estimate of drug-likeness (QED) is 0.654. The predicted octanol–water partition coefficient (Wildman–Crippen LogP) is 2.83. The third-order valence-electron chi connectivity index (χ3n) is 2.73. The Morgan fingerprint density at radius 3 is 3.00 bits per heavy atom. The normalized spacial score (nSPS) is 11.1. The summed E-state index contributed by atoms with van der Waals surface area (Å²) < 4.78 is 7.50. The van der Waals surface area contributed by atoms with Gasteiger partial charge in [-0.25, -0.2) is 4.98 Å². The van der Waals surface area contributed by atoms with E-state index < -0.39 is 0 Å². The molecule has 0 N–H and O–H groups in total. The topological polar surface area (TPSA) is 30.4 Å². The van der Waals surface area contributed by atoms with Crippen molar-refractivity contribution in [1.82, 2.24) is 9.38 Å². The maximum absolute atomic E-state index is 5.34. The number of imidazole rings is 1. The minimum atomic E-state index is 0.728. The maximum atomic E-state index is 5.34. The molecule has 0 spiro atoms. The van der Waals surface area contributed by atoms with Crippen molar-refractivity contribution >= 4 is 5.52 Å². The Hall–Kier alpha value is -2.03. The molecule has 16 heavy (non-hydrogen) atoms. The minimum Gasteiger partial charge on any atom is -0.469 e. The summed E-state index contributed by atoms with van der Waals surface area (Å²) in [4.78, 5) is 4.43. The number of furan rings is 1. The molecule has 3 nitrogen and oxygen atoms in total. The molecule has 0 aromatic carbocycles. The lowest BCUT2D eigenvalue weighted by atomic mass is 10.3. The fourth-order valence-corrected chi connectivity index (χ4v) is 1.98. The van der Waals surface area contributed by atoms with Crippen LogP contribution in [0.3, 0.4) is 0 Å². The largest absolute Gasteiger partial charge is 0.469 e. The van der Waals surface area contributed by atoms with Crippen molar-refractivity contribution in [2.45, 2.75) is 13.3 Å². The molecular formula is C13H12N2O. The lowest BCUT2D eigenvalue weighted by molar-refractivity contribution is 0.516. The first-order chi connectivity index (χ1) is 7.84. The number of pyridine rings is 1. The highest BCUT2D eigenvalue weighted by Crippen LogP contribution is 2.14. The minimum absolute atomic E-state index is 0.728. The Bertz CT molecular complexity index is 608. The molecule has 0 unspecified atom stereocenters. The zero-order valence-electron chi connectivity index (χ0n) is 9.05. The number of aryl methyl sites for hydroxylation is 1. The van der Waals surface area contributed by atoms with Gasteiger partial charge in [0, 0.05) is 5.69 Å². The van der Waals surface area contributed by atoms with E-state index in [9.17, 15) is 0 Å². The van der Waals surface area contributed by atoms with Crippen molar-refractivity contribution < 1.29 is 4.42 Å². The number of aromatic nitrogens is 2. The van der Waals surface area contributed by atoms with Crippen LogP contribution in [0.5, 0.6) is 0 Å². The molecule has 0 bridgehead atoms. The SMILES string of the molecule is Cc1cccc2cnc(Cc3ccco3)n12. The molecule has 3 aromatic rings. The molecule has 0 saturated carbocycles. The molecule has 0 amide bonds. The highest BCUT2D eigenvalue weighted by Gasteiger charge is 2.07. The standard InChI is InChI=1S/C13H12N2O/c1-10-4-2-5-11-9-14-13(15(10)11)8-12-6-3-7-16-12/h2-7,9H,8H2,1H3. The molecule has 3 heteroatoms. The van der Waals surface area contributed by atoms with Crippen LogP contribution in [0.4, 0.5) is 0 Å². The molecule has 0 aliphatic rings. The van der Waals surface area contributed by atoms with Gasteiger partial charge in [-0.1, -0.05) is 6.07 Å². The molecule has 80 valence electrons. The molecule has 0 saturated heterocycles. The monoisotopic (exact) mass is 212 g/mol. The van der Waals surface area contributed by atoms with Crippen LogP contribution in [-0.4, -0.2) is 9.38 Å². The van der Waals surface area contributed by atoms with E-state index in [4.69, 9.17) is 4.42 Å². The van der Waals surface area contributed by atoms with Crippen molar-refractivity contribution in [2.75, 3.05) is 0 Å². The van der Waals surface area contributed by atoms with Gasteiger partial charge in [0.15, 0.2) is 0 Å². The molecule has 0 atom stereocenters. The first-order valence-electron chi connectivity index (χ1n) is 5.29. The second-order valence-electron chi connectivity index (χ2n) is 3.86. The molecule has 3 heterocycles. The second kappa shape index (κ2) is 3.52. The molecule has 3 aromatic heterocycles. The Morgan fingerprint density at radius 2 is 2.19 bits per heavy atom. The summed E-state index contributed by atoms with van der Waals surface area (Å²) in [5.74, 6) is 1.96. The Morgan fingerprint density at radius 1 is 1.25 bits per heavy atom. The fraction of sp³-hybridized carbons (Fsp3) is 0.154. The van der Waals surface area contributed by atoms with Crippen LogP contribution in [-0.2, 0) is 6.42 Å². The summed E-state index contributed by atoms with van der Waals surface area (Å²) in [5.41, 5.74) is 2.32. The lowest BCUT2D eigenvalue weighted by Crippen LogP contribution is -1.98. The summed E-state index contributed by atoms with van der Waals surface area (Å²) in [5, 5.41) is 0. The van der Waals surface area contributed by atoms with Gasteiger partial charge in [-0.15, -0.1) is 0 Å². The average Bonchev–Trinajstić information content (AvgIpc) is 2.90. The number of hydrogen-bond acceptors (Lipinski definition) is 2. The third kappa shape index (κ3) is 1.41. The van der Waals surface area contributed by atoms with Gasteiger partial charge in [-0.3, -0.25) is 0 Å². The van der Waals surface area contributed by atoms with Gasteiger partial charge in [0.2, 0.25) is 0 Å². The number of nitrogens with zero attached hydrogens (tertiary/aromatic N) is 2. The summed E-state index contributed by atoms with van der Waals surface area (Å²) >= 11 is 0. The van der Waals surface area contributed by atoms with Gasteiger partial charge in [-0.05, 0) is 31.2 Å². The Labute approximate surface area is 93.4 Å². The van der Waals surface area contributed by atoms with Crippen LogP contribution >= 0.6 is 0 Å². The zero-order valence-corrected chi connectivity index (χ0v) is 9.05. The van der Waals surface area contributed by atoms with E-state index in [0.717, 1.165) is 23.5 Å². The number of fused-ring (bicyclic) bond motifs is 1. The van der Waals surface area contributed by atoms with Crippen molar-refractivity contribution in [3.63, 3.8) is 0 Å².